The summed E-state index contributed by atoms with van der Waals surface area (Å²) in [7, 11) is 0. The highest BCUT2D eigenvalue weighted by molar-refractivity contribution is 5.89. The lowest BCUT2D eigenvalue weighted by Crippen LogP contribution is -1.99. The number of rotatable bonds is 3. The Bertz CT molecular complexity index is 820. The van der Waals surface area contributed by atoms with Gasteiger partial charge in [0.05, 0.1) is 5.52 Å². The molecule has 3 aromatic rings. The van der Waals surface area contributed by atoms with Gasteiger partial charge in [-0.15, -0.1) is 0 Å². The molecule has 5 heteroatoms. The normalized spacial score (nSPS) is 14.8. The van der Waals surface area contributed by atoms with E-state index in [9.17, 15) is 4.39 Å². The second-order valence-electron chi connectivity index (χ2n) is 5.46. The second-order valence-corrected chi connectivity index (χ2v) is 5.46. The van der Waals surface area contributed by atoms with Crippen molar-refractivity contribution in [3.05, 3.63) is 47.7 Å². The summed E-state index contributed by atoms with van der Waals surface area (Å²) in [6, 6.07) is 7.02. The van der Waals surface area contributed by atoms with Gasteiger partial charge in [0, 0.05) is 29.8 Å². The first-order valence-electron chi connectivity index (χ1n) is 7.10. The van der Waals surface area contributed by atoms with E-state index in [4.69, 9.17) is 5.73 Å². The molecular weight excluding hydrogens is 267 g/mol. The van der Waals surface area contributed by atoms with E-state index in [0.29, 0.717) is 17.1 Å². The molecule has 1 fully saturated rings. The van der Waals surface area contributed by atoms with Crippen molar-refractivity contribution in [2.24, 2.45) is 5.73 Å². The minimum atomic E-state index is -0.276. The molecule has 0 bridgehead atoms. The van der Waals surface area contributed by atoms with Crippen molar-refractivity contribution in [1.82, 2.24) is 15.0 Å². The summed E-state index contributed by atoms with van der Waals surface area (Å²) in [5.74, 6) is 1.24. The number of aromatic amines is 1. The number of benzene rings is 1. The molecule has 0 unspecified atom stereocenters. The standard InChI is InChI=1S/C16H15FN4/c17-13-7-10(3-4-11(13)8-18)12-5-6-19-16-14(12)20-15(21-16)9-1-2-9/h3-7,9H,1-2,8,18H2,(H,19,20,21). The van der Waals surface area contributed by atoms with Crippen molar-refractivity contribution in [3.8, 4) is 11.1 Å². The lowest BCUT2D eigenvalue weighted by Gasteiger charge is -2.05. The Morgan fingerprint density at radius 1 is 1.29 bits per heavy atom. The van der Waals surface area contributed by atoms with Gasteiger partial charge in [0.15, 0.2) is 5.65 Å². The predicted molar refractivity (Wildman–Crippen MR) is 79.1 cm³/mol. The highest BCUT2D eigenvalue weighted by Gasteiger charge is 2.27. The van der Waals surface area contributed by atoms with Crippen LogP contribution in [0.25, 0.3) is 22.3 Å². The molecule has 4 nitrogen and oxygen atoms in total. The molecule has 0 saturated heterocycles. The van der Waals surface area contributed by atoms with Crippen LogP contribution in [0.5, 0.6) is 0 Å². The van der Waals surface area contributed by atoms with Gasteiger partial charge in [-0.2, -0.15) is 0 Å². The van der Waals surface area contributed by atoms with Crippen molar-refractivity contribution >= 4 is 11.2 Å². The largest absolute Gasteiger partial charge is 0.340 e. The lowest BCUT2D eigenvalue weighted by molar-refractivity contribution is 0.611. The first-order chi connectivity index (χ1) is 10.3. The van der Waals surface area contributed by atoms with Crippen LogP contribution in [0.4, 0.5) is 4.39 Å². The number of nitrogens with zero attached hydrogens (tertiary/aromatic N) is 2. The zero-order valence-electron chi connectivity index (χ0n) is 11.4. The molecule has 4 rings (SSSR count). The molecule has 0 atom stereocenters. The molecule has 1 aliphatic carbocycles. The van der Waals surface area contributed by atoms with E-state index < -0.39 is 0 Å². The third-order valence-corrected chi connectivity index (χ3v) is 3.96. The van der Waals surface area contributed by atoms with Gasteiger partial charge in [-0.05, 0) is 30.5 Å². The van der Waals surface area contributed by atoms with Crippen LogP contribution in [0.1, 0.15) is 30.1 Å². The van der Waals surface area contributed by atoms with Gasteiger partial charge < -0.3 is 10.7 Å². The maximum atomic E-state index is 14.0. The van der Waals surface area contributed by atoms with E-state index in [1.54, 1.807) is 12.3 Å². The van der Waals surface area contributed by atoms with E-state index in [1.165, 1.54) is 18.9 Å². The molecule has 0 amide bonds. The fraction of sp³-hybridized carbons (Fsp3) is 0.250. The molecular formula is C16H15FN4. The van der Waals surface area contributed by atoms with E-state index in [-0.39, 0.29) is 12.4 Å². The van der Waals surface area contributed by atoms with Crippen molar-refractivity contribution in [2.75, 3.05) is 0 Å². The van der Waals surface area contributed by atoms with Crippen LogP contribution < -0.4 is 5.73 Å². The highest BCUT2D eigenvalue weighted by atomic mass is 19.1. The van der Waals surface area contributed by atoms with Crippen molar-refractivity contribution < 1.29 is 4.39 Å². The topological polar surface area (TPSA) is 67.6 Å². The number of aromatic nitrogens is 3. The zero-order valence-corrected chi connectivity index (χ0v) is 11.4. The predicted octanol–water partition coefficient (Wildman–Crippen LogP) is 3.10. The van der Waals surface area contributed by atoms with Gasteiger partial charge >= 0.3 is 0 Å². The van der Waals surface area contributed by atoms with Crippen molar-refractivity contribution in [3.63, 3.8) is 0 Å². The van der Waals surface area contributed by atoms with Crippen LogP contribution in [-0.4, -0.2) is 15.0 Å². The van der Waals surface area contributed by atoms with Gasteiger partial charge in [-0.3, -0.25) is 0 Å². The third-order valence-electron chi connectivity index (χ3n) is 3.96. The van der Waals surface area contributed by atoms with E-state index in [0.717, 1.165) is 22.5 Å². The van der Waals surface area contributed by atoms with Crippen LogP contribution >= 0.6 is 0 Å². The Kier molecular flexibility index (Phi) is 2.75. The number of halogens is 1. The minimum Gasteiger partial charge on any atom is -0.340 e. The van der Waals surface area contributed by atoms with Crippen LogP contribution in [0.2, 0.25) is 0 Å². The summed E-state index contributed by atoms with van der Waals surface area (Å²) in [6.07, 6.45) is 4.06. The van der Waals surface area contributed by atoms with Gasteiger partial charge in [-0.1, -0.05) is 12.1 Å². The lowest BCUT2D eigenvalue weighted by atomic mass is 10.0. The van der Waals surface area contributed by atoms with E-state index in [2.05, 4.69) is 15.0 Å². The smallest absolute Gasteiger partial charge is 0.178 e. The number of imidazole rings is 1. The van der Waals surface area contributed by atoms with E-state index >= 15 is 0 Å². The Morgan fingerprint density at radius 2 is 2.14 bits per heavy atom. The average Bonchev–Trinajstić information content (AvgIpc) is 3.25. The number of hydrogen-bond acceptors (Lipinski definition) is 3. The maximum Gasteiger partial charge on any atom is 0.178 e. The van der Waals surface area contributed by atoms with Crippen LogP contribution in [0.3, 0.4) is 0 Å². The Balaban J connectivity index is 1.87. The molecule has 0 radical (unpaired) electrons. The Morgan fingerprint density at radius 3 is 2.86 bits per heavy atom. The molecule has 3 N–H and O–H groups in total. The monoisotopic (exact) mass is 282 g/mol. The summed E-state index contributed by atoms with van der Waals surface area (Å²) in [6.45, 7) is 0.202. The van der Waals surface area contributed by atoms with Gasteiger partial charge in [0.1, 0.15) is 11.6 Å². The summed E-state index contributed by atoms with van der Waals surface area (Å²) < 4.78 is 14.0. The fourth-order valence-corrected chi connectivity index (χ4v) is 2.60. The highest BCUT2D eigenvalue weighted by Crippen LogP contribution is 2.39. The SMILES string of the molecule is NCc1ccc(-c2ccnc3nc(C4CC4)[nH]c23)cc1F. The first kappa shape index (κ1) is 12.5. The Labute approximate surface area is 121 Å². The fourth-order valence-electron chi connectivity index (χ4n) is 2.60. The number of hydrogen-bond donors (Lipinski definition) is 2. The molecule has 21 heavy (non-hydrogen) atoms. The zero-order chi connectivity index (χ0) is 14.4. The molecule has 1 aromatic carbocycles. The van der Waals surface area contributed by atoms with Crippen LogP contribution in [-0.2, 0) is 6.54 Å². The average molecular weight is 282 g/mol. The third kappa shape index (κ3) is 2.10. The first-order valence-corrected chi connectivity index (χ1v) is 7.10. The summed E-state index contributed by atoms with van der Waals surface area (Å²) in [5, 5.41) is 0. The Hall–Kier alpha value is -2.27. The number of nitrogens with two attached hydrogens (primary N) is 1. The summed E-state index contributed by atoms with van der Waals surface area (Å²) >= 11 is 0. The quantitative estimate of drug-likeness (QED) is 0.775. The number of fused-ring (bicyclic) bond motifs is 1. The maximum absolute atomic E-state index is 14.0. The molecule has 2 aromatic heterocycles. The molecule has 0 aliphatic heterocycles. The van der Waals surface area contributed by atoms with E-state index in [1.807, 2.05) is 12.1 Å². The molecule has 0 spiro atoms. The van der Waals surface area contributed by atoms with Gasteiger partial charge in [0.25, 0.3) is 0 Å². The van der Waals surface area contributed by atoms with Gasteiger partial charge in [-0.25, -0.2) is 14.4 Å². The number of nitrogens with one attached hydrogen (secondary N) is 1. The van der Waals surface area contributed by atoms with Crippen molar-refractivity contribution in [2.45, 2.75) is 25.3 Å². The number of pyridine rings is 1. The second kappa shape index (κ2) is 4.63. The molecule has 106 valence electrons. The van der Waals surface area contributed by atoms with Crippen LogP contribution in [0, 0.1) is 5.82 Å². The molecule has 2 heterocycles. The molecule has 1 aliphatic rings. The van der Waals surface area contributed by atoms with Crippen molar-refractivity contribution in [1.29, 1.82) is 0 Å². The molecule has 1 saturated carbocycles. The minimum absolute atomic E-state index is 0.202. The summed E-state index contributed by atoms with van der Waals surface area (Å²) in [5.41, 5.74) is 9.32. The number of H-pyrrole nitrogens is 1. The summed E-state index contributed by atoms with van der Waals surface area (Å²) in [4.78, 5) is 12.2. The van der Waals surface area contributed by atoms with Crippen LogP contribution in [0.15, 0.2) is 30.5 Å². The van der Waals surface area contributed by atoms with Gasteiger partial charge in [0.2, 0.25) is 0 Å².